The smallest absolute Gasteiger partial charge is 0.410 e. The summed E-state index contributed by atoms with van der Waals surface area (Å²) >= 11 is 1.64. The van der Waals surface area contributed by atoms with Gasteiger partial charge >= 0.3 is 11.7 Å². The first-order valence-electron chi connectivity index (χ1n) is 11.4. The normalized spacial score (nSPS) is 12.7. The van der Waals surface area contributed by atoms with E-state index in [1.807, 2.05) is 13.8 Å². The Bertz CT molecular complexity index is 1120. The highest BCUT2D eigenvalue weighted by atomic mass is 32.1. The molecule has 8 heteroatoms. The van der Waals surface area contributed by atoms with Crippen LogP contribution < -0.4 is 10.9 Å². The Labute approximate surface area is 204 Å². The van der Waals surface area contributed by atoms with Gasteiger partial charge in [-0.3, -0.25) is 10.1 Å². The third-order valence-corrected chi connectivity index (χ3v) is 6.67. The number of aromatic hydroxyl groups is 1. The summed E-state index contributed by atoms with van der Waals surface area (Å²) in [6.45, 7) is 7.63. The number of Topliss-reactive ketones (excluding diaryl/α,β-unsaturated/α-hetero) is 1. The zero-order valence-electron chi connectivity index (χ0n) is 20.4. The van der Waals surface area contributed by atoms with Gasteiger partial charge in [0.05, 0.1) is 7.11 Å². The van der Waals surface area contributed by atoms with Crippen LogP contribution in [0, 0.1) is 6.92 Å². The van der Waals surface area contributed by atoms with Crippen molar-refractivity contribution >= 4 is 29.3 Å². The topological polar surface area (TPSA) is 106 Å². The number of ether oxygens (including phenoxy) is 1. The third kappa shape index (κ3) is 7.45. The number of unbranched alkanes of at least 4 members (excludes halogenated alkanes) is 1. The van der Waals surface area contributed by atoms with Gasteiger partial charge in [-0.25, -0.2) is 9.59 Å². The van der Waals surface area contributed by atoms with Gasteiger partial charge in [-0.05, 0) is 62.8 Å². The first kappa shape index (κ1) is 27.1. The number of carbonyl (C=O) groups is 2. The molecule has 1 amide bonds. The average molecular weight is 488 g/mol. The summed E-state index contributed by atoms with van der Waals surface area (Å²) < 4.78 is 9.85. The molecule has 2 heterocycles. The van der Waals surface area contributed by atoms with Crippen molar-refractivity contribution in [1.29, 1.82) is 0 Å². The summed E-state index contributed by atoms with van der Waals surface area (Å²) in [4.78, 5) is 38.8. The van der Waals surface area contributed by atoms with E-state index in [0.717, 1.165) is 29.7 Å². The molecule has 2 aromatic heterocycles. The molecule has 2 rings (SSSR count). The van der Waals surface area contributed by atoms with E-state index >= 15 is 0 Å². The molecule has 0 aliphatic rings. The minimum Gasteiger partial charge on any atom is -0.507 e. The van der Waals surface area contributed by atoms with Crippen molar-refractivity contribution in [2.24, 2.45) is 0 Å². The van der Waals surface area contributed by atoms with Crippen LogP contribution in [-0.4, -0.2) is 24.1 Å². The van der Waals surface area contributed by atoms with E-state index in [2.05, 4.69) is 23.0 Å². The molecule has 0 aliphatic carbocycles. The van der Waals surface area contributed by atoms with Crippen LogP contribution in [0.15, 0.2) is 39.2 Å². The molecule has 1 atom stereocenters. The van der Waals surface area contributed by atoms with Crippen LogP contribution in [0.5, 0.6) is 5.75 Å². The summed E-state index contributed by atoms with van der Waals surface area (Å²) in [6, 6.07) is 3.47. The van der Waals surface area contributed by atoms with Crippen LogP contribution in [0.1, 0.15) is 83.8 Å². The summed E-state index contributed by atoms with van der Waals surface area (Å²) in [6.07, 6.45) is 8.87. The molecule has 2 N–H and O–H groups in total. The molecular weight excluding hydrogens is 454 g/mol. The van der Waals surface area contributed by atoms with E-state index in [-0.39, 0.29) is 17.2 Å². The minimum absolute atomic E-state index is 0.183. The van der Waals surface area contributed by atoms with Gasteiger partial charge in [0.2, 0.25) is 0 Å². The highest BCUT2D eigenvalue weighted by Crippen LogP contribution is 2.29. The maximum atomic E-state index is 12.9. The van der Waals surface area contributed by atoms with Gasteiger partial charge in [0, 0.05) is 27.9 Å². The van der Waals surface area contributed by atoms with Crippen molar-refractivity contribution in [3.05, 3.63) is 67.0 Å². The number of rotatable bonds is 11. The van der Waals surface area contributed by atoms with Crippen LogP contribution in [0.4, 0.5) is 4.79 Å². The third-order valence-electron chi connectivity index (χ3n) is 5.42. The van der Waals surface area contributed by atoms with E-state index in [1.54, 1.807) is 30.4 Å². The van der Waals surface area contributed by atoms with Gasteiger partial charge in [0.25, 0.3) is 0 Å². The maximum Gasteiger partial charge on any atom is 0.410 e. The fraction of sp³-hybridized carbons (Fsp3) is 0.423. The largest absolute Gasteiger partial charge is 0.507 e. The molecule has 34 heavy (non-hydrogen) atoms. The maximum absolute atomic E-state index is 12.9. The van der Waals surface area contributed by atoms with Crippen molar-refractivity contribution in [2.75, 3.05) is 7.11 Å². The molecule has 0 saturated carbocycles. The van der Waals surface area contributed by atoms with Crippen LogP contribution in [-0.2, 0) is 11.2 Å². The molecule has 0 radical (unpaired) electrons. The number of allylic oxidation sites excluding steroid dienone is 2. The lowest BCUT2D eigenvalue weighted by Crippen LogP contribution is -2.16. The molecule has 0 bridgehead atoms. The number of nitrogens with one attached hydrogen (secondary N) is 1. The van der Waals surface area contributed by atoms with E-state index < -0.39 is 17.5 Å². The zero-order chi connectivity index (χ0) is 25.3. The second kappa shape index (κ2) is 12.9. The van der Waals surface area contributed by atoms with Crippen molar-refractivity contribution in [2.45, 2.75) is 65.7 Å². The fourth-order valence-corrected chi connectivity index (χ4v) is 4.57. The lowest BCUT2D eigenvalue weighted by Gasteiger charge is -2.11. The number of methoxy groups -OCH3 is 1. The predicted octanol–water partition coefficient (Wildman–Crippen LogP) is 6.10. The van der Waals surface area contributed by atoms with Crippen LogP contribution >= 0.6 is 11.3 Å². The molecule has 184 valence electrons. The Morgan fingerprint density at radius 1 is 1.32 bits per heavy atom. The number of ketones is 1. The predicted molar refractivity (Wildman–Crippen MR) is 135 cm³/mol. The highest BCUT2D eigenvalue weighted by Gasteiger charge is 2.22. The molecule has 0 aromatic carbocycles. The Balaban J connectivity index is 2.13. The summed E-state index contributed by atoms with van der Waals surface area (Å²) in [5.41, 5.74) is 0.236. The second-order valence-electron chi connectivity index (χ2n) is 8.23. The number of carbonyl (C=O) groups excluding carboxylic acids is 2. The molecule has 0 aliphatic heterocycles. The highest BCUT2D eigenvalue weighted by molar-refractivity contribution is 7.13. The van der Waals surface area contributed by atoms with Gasteiger partial charge in [-0.15, -0.1) is 11.3 Å². The average Bonchev–Trinajstić information content (AvgIpc) is 3.15. The standard InChI is InChI=1S/C26H33NO6S/c1-6-7-11-19-13-17(3)22(34-19)14-18(4)24(29)23-20(28)15-21(33-25(23)30)16(2)10-8-9-12-27-26(31)32-5/h9,12-16,28H,6-8,10-11H2,1-5H3,(H,27,31)/b12-9+,18-14+. The van der Waals surface area contributed by atoms with Crippen LogP contribution in [0.2, 0.25) is 0 Å². The Morgan fingerprint density at radius 2 is 2.06 bits per heavy atom. The monoisotopic (exact) mass is 487 g/mol. The summed E-state index contributed by atoms with van der Waals surface area (Å²) in [5.74, 6) is -0.822. The lowest BCUT2D eigenvalue weighted by atomic mass is 9.99. The van der Waals surface area contributed by atoms with Crippen molar-refractivity contribution in [1.82, 2.24) is 5.32 Å². The van der Waals surface area contributed by atoms with Crippen LogP contribution in [0.3, 0.4) is 0 Å². The van der Waals surface area contributed by atoms with Gasteiger partial charge in [-0.2, -0.15) is 0 Å². The van der Waals surface area contributed by atoms with Crippen molar-refractivity contribution < 1.29 is 23.8 Å². The zero-order valence-corrected chi connectivity index (χ0v) is 21.2. The van der Waals surface area contributed by atoms with E-state index in [1.165, 1.54) is 24.3 Å². The molecule has 1 unspecified atom stereocenters. The molecule has 0 spiro atoms. The van der Waals surface area contributed by atoms with E-state index in [9.17, 15) is 19.5 Å². The Morgan fingerprint density at radius 3 is 2.71 bits per heavy atom. The Hall–Kier alpha value is -3.13. The lowest BCUT2D eigenvalue weighted by molar-refractivity contribution is 0.102. The molecule has 0 saturated heterocycles. The molecular formula is C26H33NO6S. The van der Waals surface area contributed by atoms with Crippen molar-refractivity contribution in [3.8, 4) is 5.75 Å². The number of amides is 1. The van der Waals surface area contributed by atoms with Gasteiger partial charge < -0.3 is 14.3 Å². The van der Waals surface area contributed by atoms with Gasteiger partial charge in [0.15, 0.2) is 5.78 Å². The van der Waals surface area contributed by atoms with E-state index in [0.29, 0.717) is 24.2 Å². The summed E-state index contributed by atoms with van der Waals surface area (Å²) in [5, 5.41) is 12.9. The number of hydrogen-bond acceptors (Lipinski definition) is 7. The molecule has 0 fully saturated rings. The SMILES string of the molecule is CCCCc1cc(C)c(/C=C(\C)C(=O)c2c(O)cc(C(C)CC/C=C/NC(=O)OC)oc2=O)s1. The van der Waals surface area contributed by atoms with Gasteiger partial charge in [0.1, 0.15) is 17.1 Å². The second-order valence-corrected chi connectivity index (χ2v) is 9.40. The summed E-state index contributed by atoms with van der Waals surface area (Å²) in [7, 11) is 1.28. The number of aryl methyl sites for hydroxylation is 2. The Kier molecular flexibility index (Phi) is 10.3. The molecule has 7 nitrogen and oxygen atoms in total. The quantitative estimate of drug-likeness (QED) is 0.293. The first-order valence-corrected chi connectivity index (χ1v) is 12.2. The number of alkyl carbamates (subject to hydrolysis) is 1. The first-order chi connectivity index (χ1) is 16.2. The van der Waals surface area contributed by atoms with E-state index in [4.69, 9.17) is 4.42 Å². The fourth-order valence-electron chi connectivity index (χ4n) is 3.35. The van der Waals surface area contributed by atoms with Crippen LogP contribution in [0.25, 0.3) is 6.08 Å². The van der Waals surface area contributed by atoms with Crippen molar-refractivity contribution in [3.63, 3.8) is 0 Å². The number of hydrogen-bond donors (Lipinski definition) is 2. The minimum atomic E-state index is -0.853. The number of thiophene rings is 1. The molecule has 2 aromatic rings. The van der Waals surface area contributed by atoms with Gasteiger partial charge in [-0.1, -0.05) is 26.3 Å².